The molecule has 3 aromatic carbocycles. The van der Waals surface area contributed by atoms with Crippen molar-refractivity contribution in [1.29, 1.82) is 0 Å². The molecule has 0 heterocycles. The van der Waals surface area contributed by atoms with Crippen LogP contribution in [0.1, 0.15) is 57.7 Å². The second-order valence-corrected chi connectivity index (χ2v) is 10.3. The van der Waals surface area contributed by atoms with Crippen LogP contribution in [0, 0.1) is 5.92 Å². The summed E-state index contributed by atoms with van der Waals surface area (Å²) in [6, 6.07) is 24.5. The van der Waals surface area contributed by atoms with Crippen LogP contribution in [0.3, 0.4) is 0 Å². The van der Waals surface area contributed by atoms with E-state index in [9.17, 15) is 14.4 Å². The Bertz CT molecular complexity index is 1250. The van der Waals surface area contributed by atoms with Crippen molar-refractivity contribution in [3.8, 4) is 5.75 Å². The Labute approximate surface area is 242 Å². The molecule has 0 aliphatic rings. The van der Waals surface area contributed by atoms with Gasteiger partial charge in [0.2, 0.25) is 0 Å². The SMILES string of the molecule is CCOC(=O)C(C(=O)OCC)[C@@H](c1ccccc1)[C@@H](c1ccccc1)N(C(=O)OC(C)(C)C)c1ccc(OC)cc1. The fourth-order valence-electron chi connectivity index (χ4n) is 4.69. The Kier molecular flexibility index (Phi) is 10.9. The van der Waals surface area contributed by atoms with Gasteiger partial charge in [0.15, 0.2) is 5.92 Å². The van der Waals surface area contributed by atoms with Crippen LogP contribution in [0.5, 0.6) is 5.75 Å². The number of ether oxygens (including phenoxy) is 4. The van der Waals surface area contributed by atoms with Crippen molar-refractivity contribution in [2.75, 3.05) is 25.2 Å². The normalized spacial score (nSPS) is 12.7. The van der Waals surface area contributed by atoms with Crippen molar-refractivity contribution >= 4 is 23.7 Å². The number of hydrogen-bond acceptors (Lipinski definition) is 7. The summed E-state index contributed by atoms with van der Waals surface area (Å²) >= 11 is 0. The number of rotatable bonds is 11. The molecule has 218 valence electrons. The summed E-state index contributed by atoms with van der Waals surface area (Å²) in [6.07, 6.45) is -0.649. The third kappa shape index (κ3) is 8.10. The highest BCUT2D eigenvalue weighted by Gasteiger charge is 2.47. The first kappa shape index (κ1) is 31.2. The van der Waals surface area contributed by atoms with Gasteiger partial charge in [-0.3, -0.25) is 14.5 Å². The maximum absolute atomic E-state index is 14.1. The van der Waals surface area contributed by atoms with Crippen molar-refractivity contribution in [1.82, 2.24) is 0 Å². The van der Waals surface area contributed by atoms with Gasteiger partial charge in [0.25, 0.3) is 0 Å². The van der Waals surface area contributed by atoms with Crippen LogP contribution in [0.2, 0.25) is 0 Å². The summed E-state index contributed by atoms with van der Waals surface area (Å²) in [5.74, 6) is -3.17. The average molecular weight is 562 g/mol. The van der Waals surface area contributed by atoms with E-state index in [-0.39, 0.29) is 13.2 Å². The Morgan fingerprint density at radius 3 is 1.66 bits per heavy atom. The van der Waals surface area contributed by atoms with Gasteiger partial charge in [0.1, 0.15) is 11.4 Å². The summed E-state index contributed by atoms with van der Waals surface area (Å²) in [5.41, 5.74) is 0.991. The molecule has 0 N–H and O–H groups in total. The summed E-state index contributed by atoms with van der Waals surface area (Å²) in [5, 5.41) is 0. The molecule has 0 aromatic heterocycles. The van der Waals surface area contributed by atoms with Crippen molar-refractivity contribution < 1.29 is 33.3 Å². The van der Waals surface area contributed by atoms with Crippen molar-refractivity contribution in [2.24, 2.45) is 5.92 Å². The van der Waals surface area contributed by atoms with Crippen LogP contribution in [0.15, 0.2) is 84.9 Å². The van der Waals surface area contributed by atoms with E-state index in [1.807, 2.05) is 60.7 Å². The summed E-state index contributed by atoms with van der Waals surface area (Å²) in [4.78, 5) is 42.8. The van der Waals surface area contributed by atoms with Crippen LogP contribution >= 0.6 is 0 Å². The minimum absolute atomic E-state index is 0.0700. The third-order valence-electron chi connectivity index (χ3n) is 6.32. The number of amides is 1. The first-order valence-electron chi connectivity index (χ1n) is 13.7. The molecule has 0 radical (unpaired) electrons. The topological polar surface area (TPSA) is 91.4 Å². The van der Waals surface area contributed by atoms with Gasteiger partial charge in [-0.15, -0.1) is 0 Å². The lowest BCUT2D eigenvalue weighted by atomic mass is 9.76. The van der Waals surface area contributed by atoms with Gasteiger partial charge >= 0.3 is 18.0 Å². The van der Waals surface area contributed by atoms with Gasteiger partial charge < -0.3 is 18.9 Å². The van der Waals surface area contributed by atoms with Crippen LogP contribution < -0.4 is 9.64 Å². The zero-order chi connectivity index (χ0) is 30.0. The maximum Gasteiger partial charge on any atom is 0.415 e. The van der Waals surface area contributed by atoms with Gasteiger partial charge in [-0.2, -0.15) is 0 Å². The molecule has 0 saturated heterocycles. The second-order valence-electron chi connectivity index (χ2n) is 10.3. The van der Waals surface area contributed by atoms with Gasteiger partial charge in [-0.05, 0) is 70.0 Å². The maximum atomic E-state index is 14.1. The Morgan fingerprint density at radius 2 is 1.22 bits per heavy atom. The van der Waals surface area contributed by atoms with E-state index in [2.05, 4.69) is 0 Å². The van der Waals surface area contributed by atoms with Gasteiger partial charge in [-0.25, -0.2) is 4.79 Å². The first-order valence-corrected chi connectivity index (χ1v) is 13.7. The smallest absolute Gasteiger partial charge is 0.415 e. The molecule has 8 heteroatoms. The van der Waals surface area contributed by atoms with E-state index < -0.39 is 41.5 Å². The lowest BCUT2D eigenvalue weighted by Crippen LogP contribution is -2.46. The van der Waals surface area contributed by atoms with E-state index in [0.29, 0.717) is 22.6 Å². The van der Waals surface area contributed by atoms with Crippen molar-refractivity contribution in [2.45, 2.75) is 52.2 Å². The highest BCUT2D eigenvalue weighted by molar-refractivity contribution is 5.97. The van der Waals surface area contributed by atoms with Crippen molar-refractivity contribution in [3.05, 3.63) is 96.1 Å². The summed E-state index contributed by atoms with van der Waals surface area (Å²) in [7, 11) is 1.56. The minimum Gasteiger partial charge on any atom is -0.497 e. The van der Waals surface area contributed by atoms with E-state index >= 15 is 0 Å². The number of esters is 2. The van der Waals surface area contributed by atoms with Crippen molar-refractivity contribution in [3.63, 3.8) is 0 Å². The van der Waals surface area contributed by atoms with Gasteiger partial charge in [0.05, 0.1) is 26.4 Å². The van der Waals surface area contributed by atoms with E-state index in [0.717, 1.165) is 0 Å². The molecule has 0 aliphatic carbocycles. The number of benzene rings is 3. The average Bonchev–Trinajstić information content (AvgIpc) is 2.95. The molecule has 3 aromatic rings. The number of nitrogens with zero attached hydrogens (tertiary/aromatic N) is 1. The minimum atomic E-state index is -1.38. The lowest BCUT2D eigenvalue weighted by Gasteiger charge is -2.40. The molecule has 2 atom stereocenters. The number of carbonyl (C=O) groups is 3. The molecule has 0 unspecified atom stereocenters. The predicted molar refractivity (Wildman–Crippen MR) is 157 cm³/mol. The van der Waals surface area contributed by atoms with Gasteiger partial charge in [0, 0.05) is 11.6 Å². The standard InChI is InChI=1S/C33H39NO7/c1-7-39-30(35)28(31(36)40-8-2)27(23-15-11-9-12-16-23)29(24-17-13-10-14-18-24)34(32(37)41-33(3,4)5)25-19-21-26(38-6)22-20-25/h9-22,27-29H,7-8H2,1-6H3/t27-,29-/m1/s1. The monoisotopic (exact) mass is 561 g/mol. The quantitative estimate of drug-likeness (QED) is 0.146. The highest BCUT2D eigenvalue weighted by atomic mass is 16.6. The molecule has 41 heavy (non-hydrogen) atoms. The van der Waals surface area contributed by atoms with E-state index in [1.165, 1.54) is 4.90 Å². The number of hydrogen-bond donors (Lipinski definition) is 0. The van der Waals surface area contributed by atoms with Crippen LogP contribution in [0.4, 0.5) is 10.5 Å². The molecule has 0 saturated carbocycles. The second kappa shape index (κ2) is 14.3. The summed E-state index contributed by atoms with van der Waals surface area (Å²) < 4.78 is 22.1. The third-order valence-corrected chi connectivity index (χ3v) is 6.32. The largest absolute Gasteiger partial charge is 0.497 e. The molecule has 0 aliphatic heterocycles. The molecular weight excluding hydrogens is 522 g/mol. The Morgan fingerprint density at radius 1 is 0.732 bits per heavy atom. The molecule has 0 bridgehead atoms. The van der Waals surface area contributed by atoms with Crippen LogP contribution in [-0.4, -0.2) is 44.0 Å². The zero-order valence-electron chi connectivity index (χ0n) is 24.5. The van der Waals surface area contributed by atoms with Crippen LogP contribution in [0.25, 0.3) is 0 Å². The van der Waals surface area contributed by atoms with E-state index in [4.69, 9.17) is 18.9 Å². The number of methoxy groups -OCH3 is 1. The molecule has 0 fully saturated rings. The number of anilines is 1. The van der Waals surface area contributed by atoms with Gasteiger partial charge in [-0.1, -0.05) is 60.7 Å². The molecular formula is C33H39NO7. The lowest BCUT2D eigenvalue weighted by molar-refractivity contribution is -0.163. The summed E-state index contributed by atoms with van der Waals surface area (Å²) in [6.45, 7) is 8.84. The Hall–Kier alpha value is -4.33. The zero-order valence-corrected chi connectivity index (χ0v) is 24.5. The molecule has 0 spiro atoms. The first-order chi connectivity index (χ1) is 19.6. The highest BCUT2D eigenvalue weighted by Crippen LogP contribution is 2.45. The molecule has 1 amide bonds. The molecule has 3 rings (SSSR count). The van der Waals surface area contributed by atoms with Crippen LogP contribution in [-0.2, 0) is 23.8 Å². The van der Waals surface area contributed by atoms with E-state index in [1.54, 1.807) is 66.0 Å². The molecule has 8 nitrogen and oxygen atoms in total. The predicted octanol–water partition coefficient (Wildman–Crippen LogP) is 6.70. The fourth-order valence-corrected chi connectivity index (χ4v) is 4.69. The Balaban J connectivity index is 2.39. The number of carbonyl (C=O) groups excluding carboxylic acids is 3. The fraction of sp³-hybridized carbons (Fsp3) is 0.364.